The van der Waals surface area contributed by atoms with E-state index in [1.54, 1.807) is 0 Å². The van der Waals surface area contributed by atoms with Crippen LogP contribution >= 0.6 is 0 Å². The number of aryl methyl sites for hydroxylation is 1. The number of pyridine rings is 1. The van der Waals surface area contributed by atoms with Gasteiger partial charge in [-0.05, 0) is 35.2 Å². The van der Waals surface area contributed by atoms with Crippen molar-refractivity contribution in [1.82, 2.24) is 15.2 Å². The van der Waals surface area contributed by atoms with Crippen LogP contribution in [-0.2, 0) is 6.54 Å². The first-order valence-electron chi connectivity index (χ1n) is 7.26. The summed E-state index contributed by atoms with van der Waals surface area (Å²) in [5.74, 6) is 0. The fourth-order valence-electron chi connectivity index (χ4n) is 2.70. The van der Waals surface area contributed by atoms with E-state index in [0.717, 1.165) is 32.7 Å². The summed E-state index contributed by atoms with van der Waals surface area (Å²) in [5, 5.41) is 3.40. The van der Waals surface area contributed by atoms with Crippen molar-refractivity contribution in [1.29, 1.82) is 0 Å². The molecule has 1 aliphatic heterocycles. The van der Waals surface area contributed by atoms with Gasteiger partial charge in [0.25, 0.3) is 0 Å². The van der Waals surface area contributed by atoms with Crippen molar-refractivity contribution in [3.8, 4) is 11.1 Å². The highest BCUT2D eigenvalue weighted by atomic mass is 15.2. The quantitative estimate of drug-likeness (QED) is 0.926. The van der Waals surface area contributed by atoms with Crippen molar-refractivity contribution >= 4 is 0 Å². The van der Waals surface area contributed by atoms with Crippen molar-refractivity contribution in [3.63, 3.8) is 0 Å². The summed E-state index contributed by atoms with van der Waals surface area (Å²) in [6.45, 7) is 7.76. The number of rotatable bonds is 3. The fraction of sp³-hybridized carbons (Fsp3) is 0.353. The minimum Gasteiger partial charge on any atom is -0.314 e. The molecule has 2 aromatic rings. The molecule has 1 saturated heterocycles. The average molecular weight is 267 g/mol. The van der Waals surface area contributed by atoms with Crippen molar-refractivity contribution < 1.29 is 0 Å². The molecule has 20 heavy (non-hydrogen) atoms. The summed E-state index contributed by atoms with van der Waals surface area (Å²) in [7, 11) is 0. The monoisotopic (exact) mass is 267 g/mol. The molecular formula is C17H21N3. The third kappa shape index (κ3) is 3.06. The molecule has 0 bridgehead atoms. The highest BCUT2D eigenvalue weighted by Gasteiger charge is 2.11. The second kappa shape index (κ2) is 6.16. The van der Waals surface area contributed by atoms with Crippen LogP contribution in [0.4, 0.5) is 0 Å². The molecule has 1 N–H and O–H groups in total. The molecule has 1 fully saturated rings. The smallest absolute Gasteiger partial charge is 0.0346 e. The zero-order valence-electron chi connectivity index (χ0n) is 12.0. The zero-order chi connectivity index (χ0) is 13.8. The van der Waals surface area contributed by atoms with Gasteiger partial charge in [0.05, 0.1) is 0 Å². The lowest BCUT2D eigenvalue weighted by Gasteiger charge is -2.27. The van der Waals surface area contributed by atoms with Gasteiger partial charge in [-0.25, -0.2) is 0 Å². The number of nitrogens with zero attached hydrogens (tertiary/aromatic N) is 2. The molecular weight excluding hydrogens is 246 g/mol. The SMILES string of the molecule is Cc1cc(-c2cccnc2)ccc1CN1CCNCC1. The molecule has 1 aromatic heterocycles. The first-order chi connectivity index (χ1) is 9.83. The van der Waals surface area contributed by atoms with Crippen molar-refractivity contribution in [2.45, 2.75) is 13.5 Å². The van der Waals surface area contributed by atoms with Gasteiger partial charge in [0.15, 0.2) is 0 Å². The van der Waals surface area contributed by atoms with Gasteiger partial charge in [0.2, 0.25) is 0 Å². The van der Waals surface area contributed by atoms with Crippen LogP contribution in [0, 0.1) is 6.92 Å². The van der Waals surface area contributed by atoms with Gasteiger partial charge in [0, 0.05) is 45.1 Å². The lowest BCUT2D eigenvalue weighted by Crippen LogP contribution is -2.42. The number of benzene rings is 1. The normalized spacial score (nSPS) is 16.2. The lowest BCUT2D eigenvalue weighted by molar-refractivity contribution is 0.233. The first-order valence-corrected chi connectivity index (χ1v) is 7.26. The molecule has 3 nitrogen and oxygen atoms in total. The summed E-state index contributed by atoms with van der Waals surface area (Å²) in [4.78, 5) is 6.71. The van der Waals surface area contributed by atoms with Gasteiger partial charge in [-0.3, -0.25) is 9.88 Å². The summed E-state index contributed by atoms with van der Waals surface area (Å²) in [5.41, 5.74) is 5.23. The maximum atomic E-state index is 4.19. The number of hydrogen-bond donors (Lipinski definition) is 1. The topological polar surface area (TPSA) is 28.2 Å². The van der Waals surface area contributed by atoms with Crippen LogP contribution in [0.25, 0.3) is 11.1 Å². The maximum Gasteiger partial charge on any atom is 0.0346 e. The van der Waals surface area contributed by atoms with Gasteiger partial charge in [-0.15, -0.1) is 0 Å². The fourth-order valence-corrected chi connectivity index (χ4v) is 2.70. The molecule has 0 radical (unpaired) electrons. The lowest BCUT2D eigenvalue weighted by atomic mass is 10.0. The van der Waals surface area contributed by atoms with E-state index in [1.807, 2.05) is 18.5 Å². The van der Waals surface area contributed by atoms with E-state index in [2.05, 4.69) is 46.4 Å². The minimum atomic E-state index is 1.06. The van der Waals surface area contributed by atoms with Crippen LogP contribution in [0.15, 0.2) is 42.7 Å². The van der Waals surface area contributed by atoms with E-state index in [-0.39, 0.29) is 0 Å². The minimum absolute atomic E-state index is 1.06. The van der Waals surface area contributed by atoms with Gasteiger partial charge < -0.3 is 5.32 Å². The molecule has 0 amide bonds. The largest absolute Gasteiger partial charge is 0.314 e. The van der Waals surface area contributed by atoms with Crippen molar-refractivity contribution in [3.05, 3.63) is 53.9 Å². The van der Waals surface area contributed by atoms with Gasteiger partial charge in [0.1, 0.15) is 0 Å². The predicted octanol–water partition coefficient (Wildman–Crippen LogP) is 2.46. The third-order valence-electron chi connectivity index (χ3n) is 3.94. The Morgan fingerprint density at radius 1 is 1.15 bits per heavy atom. The molecule has 3 heteroatoms. The molecule has 2 heterocycles. The van der Waals surface area contributed by atoms with Crippen LogP contribution in [0.5, 0.6) is 0 Å². The van der Waals surface area contributed by atoms with E-state index in [4.69, 9.17) is 0 Å². The Morgan fingerprint density at radius 3 is 2.70 bits per heavy atom. The first kappa shape index (κ1) is 13.3. The Balaban J connectivity index is 1.77. The van der Waals surface area contributed by atoms with Crippen LogP contribution in [0.3, 0.4) is 0 Å². The summed E-state index contributed by atoms with van der Waals surface area (Å²) in [6, 6.07) is 10.8. The molecule has 3 rings (SSSR count). The molecule has 0 unspecified atom stereocenters. The number of nitrogens with one attached hydrogen (secondary N) is 1. The summed E-state index contributed by atoms with van der Waals surface area (Å²) in [6.07, 6.45) is 3.74. The van der Waals surface area contributed by atoms with E-state index >= 15 is 0 Å². The highest BCUT2D eigenvalue weighted by Crippen LogP contribution is 2.22. The molecule has 1 aliphatic rings. The number of piperazine rings is 1. The number of aromatic nitrogens is 1. The van der Waals surface area contributed by atoms with E-state index in [9.17, 15) is 0 Å². The van der Waals surface area contributed by atoms with Crippen molar-refractivity contribution in [2.75, 3.05) is 26.2 Å². The average Bonchev–Trinajstić information content (AvgIpc) is 2.51. The summed E-state index contributed by atoms with van der Waals surface area (Å²) < 4.78 is 0. The molecule has 0 saturated carbocycles. The van der Waals surface area contributed by atoms with E-state index in [0.29, 0.717) is 0 Å². The molecule has 1 aromatic carbocycles. The maximum absolute atomic E-state index is 4.19. The predicted molar refractivity (Wildman–Crippen MR) is 82.6 cm³/mol. The molecule has 0 aliphatic carbocycles. The van der Waals surface area contributed by atoms with Crippen molar-refractivity contribution in [2.24, 2.45) is 0 Å². The van der Waals surface area contributed by atoms with Gasteiger partial charge in [-0.1, -0.05) is 24.3 Å². The second-order valence-electron chi connectivity index (χ2n) is 5.41. The van der Waals surface area contributed by atoms with Gasteiger partial charge >= 0.3 is 0 Å². The van der Waals surface area contributed by atoms with E-state index < -0.39 is 0 Å². The summed E-state index contributed by atoms with van der Waals surface area (Å²) >= 11 is 0. The van der Waals surface area contributed by atoms with Gasteiger partial charge in [-0.2, -0.15) is 0 Å². The van der Waals surface area contributed by atoms with E-state index in [1.165, 1.54) is 22.3 Å². The Hall–Kier alpha value is -1.71. The molecule has 0 atom stereocenters. The third-order valence-corrected chi connectivity index (χ3v) is 3.94. The zero-order valence-corrected chi connectivity index (χ0v) is 12.0. The van der Waals surface area contributed by atoms with Crippen LogP contribution < -0.4 is 5.32 Å². The standard InChI is InChI=1S/C17H21N3/c1-14-11-15(16-3-2-6-19-12-16)4-5-17(14)13-20-9-7-18-8-10-20/h2-6,11-12,18H,7-10,13H2,1H3. The number of hydrogen-bond acceptors (Lipinski definition) is 3. The van der Waals surface area contributed by atoms with Crippen LogP contribution in [0.1, 0.15) is 11.1 Å². The Bertz CT molecular complexity index is 560. The molecule has 0 spiro atoms. The highest BCUT2D eigenvalue weighted by molar-refractivity contribution is 5.63. The Morgan fingerprint density at radius 2 is 2.00 bits per heavy atom. The Kier molecular flexibility index (Phi) is 4.09. The molecule has 104 valence electrons. The second-order valence-corrected chi connectivity index (χ2v) is 5.41. The van der Waals surface area contributed by atoms with Crippen LogP contribution in [-0.4, -0.2) is 36.1 Å². The Labute approximate surface area is 120 Å². The van der Waals surface area contributed by atoms with Crippen LogP contribution in [0.2, 0.25) is 0 Å².